The summed E-state index contributed by atoms with van der Waals surface area (Å²) < 4.78 is 9.41. The second-order valence-corrected chi connectivity index (χ2v) is 7.51. The van der Waals surface area contributed by atoms with Crippen LogP contribution in [0.2, 0.25) is 0 Å². The van der Waals surface area contributed by atoms with Crippen LogP contribution in [-0.4, -0.2) is 55.5 Å². The van der Waals surface area contributed by atoms with Crippen molar-refractivity contribution in [1.82, 2.24) is 4.90 Å². The zero-order valence-corrected chi connectivity index (χ0v) is 16.7. The lowest BCUT2D eigenvalue weighted by molar-refractivity contribution is -0.130. The van der Waals surface area contributed by atoms with Gasteiger partial charge in [-0.1, -0.05) is 19.3 Å². The Hall–Kier alpha value is -2.90. The molecule has 0 bridgehead atoms. The molecule has 29 heavy (non-hydrogen) atoms. The second-order valence-electron chi connectivity index (χ2n) is 7.51. The summed E-state index contributed by atoms with van der Waals surface area (Å²) in [6, 6.07) is 4.44. The topological polar surface area (TPSA) is 102 Å². The number of methoxy groups -OCH3 is 2. The maximum absolute atomic E-state index is 12.8. The summed E-state index contributed by atoms with van der Waals surface area (Å²) in [6.45, 7) is 0.399. The van der Waals surface area contributed by atoms with Crippen molar-refractivity contribution >= 4 is 29.4 Å². The van der Waals surface area contributed by atoms with E-state index in [2.05, 4.69) is 5.32 Å². The van der Waals surface area contributed by atoms with Gasteiger partial charge in [-0.3, -0.25) is 9.59 Å². The molecule has 1 aliphatic heterocycles. The standard InChI is InChI=1S/C21H26N2O6/c1-28-20(26)13-8-14(21(27)29-2)10-16(9-13)22-19(25)15-11-18(24)23(12-15)17-6-4-3-5-7-17/h8-10,15,17H,3-7,11-12H2,1-2H3,(H,22,25). The van der Waals surface area contributed by atoms with E-state index in [1.165, 1.54) is 38.8 Å². The monoisotopic (exact) mass is 402 g/mol. The van der Waals surface area contributed by atoms with Crippen molar-refractivity contribution in [1.29, 1.82) is 0 Å². The number of likely N-dealkylation sites (tertiary alicyclic amines) is 1. The number of anilines is 1. The highest BCUT2D eigenvalue weighted by Gasteiger charge is 2.38. The van der Waals surface area contributed by atoms with Gasteiger partial charge in [-0.15, -0.1) is 0 Å². The van der Waals surface area contributed by atoms with Crippen molar-refractivity contribution in [3.63, 3.8) is 0 Å². The number of esters is 2. The van der Waals surface area contributed by atoms with E-state index in [-0.39, 0.29) is 41.1 Å². The fourth-order valence-electron chi connectivity index (χ4n) is 4.07. The summed E-state index contributed by atoms with van der Waals surface area (Å²) in [4.78, 5) is 50.8. The highest BCUT2D eigenvalue weighted by molar-refractivity contribution is 6.01. The number of benzene rings is 1. The average molecular weight is 402 g/mol. The Morgan fingerprint density at radius 2 is 1.55 bits per heavy atom. The van der Waals surface area contributed by atoms with Crippen LogP contribution < -0.4 is 5.32 Å². The van der Waals surface area contributed by atoms with E-state index in [0.29, 0.717) is 6.54 Å². The van der Waals surface area contributed by atoms with Crippen molar-refractivity contribution in [2.24, 2.45) is 5.92 Å². The zero-order chi connectivity index (χ0) is 21.0. The quantitative estimate of drug-likeness (QED) is 0.759. The lowest BCUT2D eigenvalue weighted by Crippen LogP contribution is -2.38. The molecule has 3 rings (SSSR count). The maximum Gasteiger partial charge on any atom is 0.337 e. The number of carbonyl (C=O) groups excluding carboxylic acids is 4. The van der Waals surface area contributed by atoms with Gasteiger partial charge in [0.25, 0.3) is 0 Å². The number of carbonyl (C=O) groups is 4. The number of ether oxygens (including phenoxy) is 2. The minimum absolute atomic E-state index is 0.00983. The Bertz CT molecular complexity index is 781. The molecule has 2 aliphatic rings. The molecule has 1 unspecified atom stereocenters. The first-order valence-corrected chi connectivity index (χ1v) is 9.85. The Kier molecular flexibility index (Phi) is 6.51. The molecule has 0 aromatic heterocycles. The molecule has 2 amide bonds. The summed E-state index contributed by atoms with van der Waals surface area (Å²) >= 11 is 0. The van der Waals surface area contributed by atoms with Crippen LogP contribution in [0.4, 0.5) is 5.69 Å². The van der Waals surface area contributed by atoms with E-state index >= 15 is 0 Å². The molecular formula is C21H26N2O6. The summed E-state index contributed by atoms with van der Waals surface area (Å²) in [6.07, 6.45) is 5.57. The summed E-state index contributed by atoms with van der Waals surface area (Å²) in [5, 5.41) is 2.73. The largest absolute Gasteiger partial charge is 0.465 e. The predicted octanol–water partition coefficient (Wildman–Crippen LogP) is 2.38. The van der Waals surface area contributed by atoms with E-state index in [9.17, 15) is 19.2 Å². The first-order valence-electron chi connectivity index (χ1n) is 9.85. The molecule has 1 aliphatic carbocycles. The number of nitrogens with zero attached hydrogens (tertiary/aromatic N) is 1. The van der Waals surface area contributed by atoms with Crippen molar-refractivity contribution in [2.75, 3.05) is 26.1 Å². The van der Waals surface area contributed by atoms with Gasteiger partial charge in [0.1, 0.15) is 0 Å². The maximum atomic E-state index is 12.8. The molecule has 0 spiro atoms. The third-order valence-electron chi connectivity index (χ3n) is 5.59. The zero-order valence-electron chi connectivity index (χ0n) is 16.7. The molecule has 1 atom stereocenters. The average Bonchev–Trinajstić information content (AvgIpc) is 3.14. The summed E-state index contributed by atoms with van der Waals surface area (Å²) in [7, 11) is 2.46. The third kappa shape index (κ3) is 4.75. The number of hydrogen-bond donors (Lipinski definition) is 1. The smallest absolute Gasteiger partial charge is 0.337 e. The minimum atomic E-state index is -0.634. The van der Waals surface area contributed by atoms with Gasteiger partial charge in [0.15, 0.2) is 0 Å². The fourth-order valence-corrected chi connectivity index (χ4v) is 4.07. The highest BCUT2D eigenvalue weighted by Crippen LogP contribution is 2.29. The van der Waals surface area contributed by atoms with E-state index in [1.54, 1.807) is 0 Å². The van der Waals surface area contributed by atoms with Gasteiger partial charge in [-0.25, -0.2) is 9.59 Å². The highest BCUT2D eigenvalue weighted by atomic mass is 16.5. The van der Waals surface area contributed by atoms with Crippen LogP contribution in [0.15, 0.2) is 18.2 Å². The van der Waals surface area contributed by atoms with Crippen molar-refractivity contribution in [3.05, 3.63) is 29.3 Å². The predicted molar refractivity (Wildman–Crippen MR) is 104 cm³/mol. The van der Waals surface area contributed by atoms with E-state index in [0.717, 1.165) is 25.7 Å². The fraction of sp³-hybridized carbons (Fsp3) is 0.524. The van der Waals surface area contributed by atoms with Gasteiger partial charge in [0.05, 0.1) is 31.3 Å². The Balaban J connectivity index is 1.73. The van der Waals surface area contributed by atoms with Crippen molar-refractivity contribution in [3.8, 4) is 0 Å². The first kappa shape index (κ1) is 20.8. The molecule has 1 N–H and O–H groups in total. The Morgan fingerprint density at radius 3 is 2.10 bits per heavy atom. The molecule has 1 saturated carbocycles. The normalized spacial score (nSPS) is 19.7. The SMILES string of the molecule is COC(=O)c1cc(NC(=O)C2CC(=O)N(C3CCCCC3)C2)cc(C(=O)OC)c1. The van der Waals surface area contributed by atoms with E-state index < -0.39 is 17.9 Å². The van der Waals surface area contributed by atoms with Crippen LogP contribution in [0.3, 0.4) is 0 Å². The van der Waals surface area contributed by atoms with Gasteiger partial charge < -0.3 is 19.7 Å². The summed E-state index contributed by atoms with van der Waals surface area (Å²) in [5.41, 5.74) is 0.524. The van der Waals surface area contributed by atoms with Gasteiger partial charge >= 0.3 is 11.9 Å². The lowest BCUT2D eigenvalue weighted by atomic mass is 9.94. The molecule has 1 aromatic carbocycles. The molecule has 1 aromatic rings. The van der Waals surface area contributed by atoms with Gasteiger partial charge in [-0.05, 0) is 31.0 Å². The van der Waals surface area contributed by atoms with Gasteiger partial charge in [0, 0.05) is 24.7 Å². The lowest BCUT2D eigenvalue weighted by Gasteiger charge is -2.31. The summed E-state index contributed by atoms with van der Waals surface area (Å²) in [5.74, 6) is -2.03. The van der Waals surface area contributed by atoms with Crippen molar-refractivity contribution < 1.29 is 28.7 Å². The first-order chi connectivity index (χ1) is 13.9. The molecular weight excluding hydrogens is 376 g/mol. The molecule has 156 valence electrons. The molecule has 2 fully saturated rings. The van der Waals surface area contributed by atoms with Crippen LogP contribution >= 0.6 is 0 Å². The number of nitrogens with one attached hydrogen (secondary N) is 1. The molecule has 1 saturated heterocycles. The Morgan fingerprint density at radius 1 is 0.966 bits per heavy atom. The van der Waals surface area contributed by atoms with Crippen LogP contribution in [0.1, 0.15) is 59.2 Å². The van der Waals surface area contributed by atoms with Crippen LogP contribution in [0, 0.1) is 5.92 Å². The molecule has 0 radical (unpaired) electrons. The molecule has 8 heteroatoms. The minimum Gasteiger partial charge on any atom is -0.465 e. The van der Waals surface area contributed by atoms with Crippen LogP contribution in [-0.2, 0) is 19.1 Å². The molecule has 1 heterocycles. The number of hydrogen-bond acceptors (Lipinski definition) is 6. The van der Waals surface area contributed by atoms with Gasteiger partial charge in [-0.2, -0.15) is 0 Å². The van der Waals surface area contributed by atoms with Gasteiger partial charge in [0.2, 0.25) is 11.8 Å². The van der Waals surface area contributed by atoms with Crippen LogP contribution in [0.25, 0.3) is 0 Å². The van der Waals surface area contributed by atoms with E-state index in [4.69, 9.17) is 9.47 Å². The second kappa shape index (κ2) is 9.07. The number of rotatable bonds is 5. The van der Waals surface area contributed by atoms with Crippen molar-refractivity contribution in [2.45, 2.75) is 44.6 Å². The third-order valence-corrected chi connectivity index (χ3v) is 5.59. The Labute approximate surface area is 169 Å². The van der Waals surface area contributed by atoms with E-state index in [1.807, 2.05) is 4.90 Å². The number of amides is 2. The molecule has 8 nitrogen and oxygen atoms in total. The van der Waals surface area contributed by atoms with Crippen LogP contribution in [0.5, 0.6) is 0 Å².